The van der Waals surface area contributed by atoms with Gasteiger partial charge in [0.05, 0.1) is 0 Å². The van der Waals surface area contributed by atoms with Crippen LogP contribution in [0.1, 0.15) is 53.6 Å². The molecule has 1 saturated heterocycles. The summed E-state index contributed by atoms with van der Waals surface area (Å²) in [6.07, 6.45) is 5.60. The molecule has 0 bridgehead atoms. The van der Waals surface area contributed by atoms with Gasteiger partial charge in [0.1, 0.15) is 0 Å². The van der Waals surface area contributed by atoms with Crippen LogP contribution < -0.4 is 0 Å². The molecule has 1 aliphatic heterocycles. The smallest absolute Gasteiger partial charge is 0.225 e. The van der Waals surface area contributed by atoms with Crippen LogP contribution in [0.4, 0.5) is 0 Å². The Hall–Kier alpha value is -2.65. The third-order valence-electron chi connectivity index (χ3n) is 6.58. The summed E-state index contributed by atoms with van der Waals surface area (Å²) in [7, 11) is 0. The average molecular weight is 447 g/mol. The topological polar surface area (TPSA) is 33.2 Å². The number of hydrogen-bond acceptors (Lipinski definition) is 2. The first-order valence-corrected chi connectivity index (χ1v) is 11.9. The maximum atomic E-state index is 13.0. The minimum absolute atomic E-state index is 0.0381. The second-order valence-electron chi connectivity index (χ2n) is 9.03. The van der Waals surface area contributed by atoms with Crippen molar-refractivity contribution in [2.24, 2.45) is 5.92 Å². The number of likely N-dealkylation sites (tertiary alicyclic amines) is 1. The number of nitrogens with zero attached hydrogens (tertiary/aromatic N) is 2. The Bertz CT molecular complexity index is 1060. The number of piperidine rings is 1. The molecular weight excluding hydrogens is 416 g/mol. The molecule has 1 amide bonds. The molecule has 2 heterocycles. The van der Waals surface area contributed by atoms with E-state index in [1.54, 1.807) is 0 Å². The predicted molar refractivity (Wildman–Crippen MR) is 131 cm³/mol. The zero-order valence-electron chi connectivity index (χ0n) is 18.9. The van der Waals surface area contributed by atoms with E-state index >= 15 is 0 Å². The van der Waals surface area contributed by atoms with Crippen LogP contribution >= 0.6 is 11.6 Å². The molecule has 166 valence electrons. The molecule has 2 aromatic carbocycles. The van der Waals surface area contributed by atoms with Crippen LogP contribution in [-0.2, 0) is 17.6 Å². The number of rotatable bonds is 6. The molecule has 0 unspecified atom stereocenters. The number of halogens is 1. The molecule has 0 saturated carbocycles. The quantitative estimate of drug-likeness (QED) is 0.450. The van der Waals surface area contributed by atoms with E-state index in [1.807, 2.05) is 42.3 Å². The predicted octanol–water partition coefficient (Wildman–Crippen LogP) is 6.22. The highest BCUT2D eigenvalue weighted by molar-refractivity contribution is 6.30. The van der Waals surface area contributed by atoms with Crippen LogP contribution in [0.15, 0.2) is 66.9 Å². The normalized spacial score (nSPS) is 15.5. The van der Waals surface area contributed by atoms with Gasteiger partial charge in [-0.15, -0.1) is 0 Å². The summed E-state index contributed by atoms with van der Waals surface area (Å²) in [6, 6.07) is 20.7. The summed E-state index contributed by atoms with van der Waals surface area (Å²) in [5, 5.41) is 0.723. The van der Waals surface area contributed by atoms with E-state index < -0.39 is 0 Å². The van der Waals surface area contributed by atoms with Gasteiger partial charge in [-0.2, -0.15) is 0 Å². The lowest BCUT2D eigenvalue weighted by Crippen LogP contribution is -2.41. The highest BCUT2D eigenvalue weighted by Gasteiger charge is 2.27. The third-order valence-corrected chi connectivity index (χ3v) is 6.82. The summed E-state index contributed by atoms with van der Waals surface area (Å²) in [5.41, 5.74) is 6.17. The minimum atomic E-state index is -0.0381. The van der Waals surface area contributed by atoms with Crippen molar-refractivity contribution in [3.63, 3.8) is 0 Å². The van der Waals surface area contributed by atoms with Gasteiger partial charge in [-0.25, -0.2) is 0 Å². The fraction of sp³-hybridized carbons (Fsp3) is 0.357. The van der Waals surface area contributed by atoms with Gasteiger partial charge in [0.15, 0.2) is 0 Å². The number of aryl methyl sites for hydroxylation is 1. The Kier molecular flexibility index (Phi) is 7.26. The summed E-state index contributed by atoms with van der Waals surface area (Å²) in [6.45, 7) is 5.78. The molecule has 1 fully saturated rings. The van der Waals surface area contributed by atoms with Crippen LogP contribution in [0.5, 0.6) is 0 Å². The van der Waals surface area contributed by atoms with E-state index in [9.17, 15) is 4.79 Å². The van der Waals surface area contributed by atoms with Crippen molar-refractivity contribution >= 4 is 17.5 Å². The first-order valence-electron chi connectivity index (χ1n) is 11.5. The van der Waals surface area contributed by atoms with Gasteiger partial charge < -0.3 is 4.90 Å². The molecule has 1 atom stereocenters. The molecule has 1 aliphatic rings. The van der Waals surface area contributed by atoms with Crippen molar-refractivity contribution in [1.82, 2.24) is 9.88 Å². The zero-order valence-corrected chi connectivity index (χ0v) is 19.7. The Labute approximate surface area is 196 Å². The molecular formula is C28H31ClN2O. The van der Waals surface area contributed by atoms with E-state index in [0.717, 1.165) is 55.1 Å². The maximum Gasteiger partial charge on any atom is 0.225 e. The summed E-state index contributed by atoms with van der Waals surface area (Å²) < 4.78 is 0. The van der Waals surface area contributed by atoms with Gasteiger partial charge in [0, 0.05) is 41.8 Å². The number of carbonyl (C=O) groups is 1. The van der Waals surface area contributed by atoms with E-state index in [2.05, 4.69) is 43.3 Å². The van der Waals surface area contributed by atoms with Crippen LogP contribution in [0.25, 0.3) is 0 Å². The first-order chi connectivity index (χ1) is 15.5. The molecule has 0 radical (unpaired) electrons. The third kappa shape index (κ3) is 5.58. The Morgan fingerprint density at radius 1 is 1.06 bits per heavy atom. The van der Waals surface area contributed by atoms with E-state index in [-0.39, 0.29) is 11.8 Å². The molecule has 0 N–H and O–H groups in total. The van der Waals surface area contributed by atoms with E-state index in [0.29, 0.717) is 5.92 Å². The lowest BCUT2D eigenvalue weighted by Gasteiger charge is -2.33. The standard InChI is InChI=1S/C28H31ClN2O/c1-20-6-3-4-8-25(20)17-23-10-11-27(30-19-23)24-12-14-31(15-13-24)28(32)21(2)16-22-7-5-9-26(29)18-22/h3-11,18-19,21,24H,12-17H2,1-2H3/t21-/m1/s1. The second-order valence-corrected chi connectivity index (χ2v) is 9.47. The number of carbonyl (C=O) groups excluding carboxylic acids is 1. The van der Waals surface area contributed by atoms with Crippen molar-refractivity contribution in [2.75, 3.05) is 13.1 Å². The van der Waals surface area contributed by atoms with Crippen molar-refractivity contribution in [3.05, 3.63) is 99.8 Å². The lowest BCUT2D eigenvalue weighted by atomic mass is 9.91. The number of benzene rings is 2. The van der Waals surface area contributed by atoms with Crippen molar-refractivity contribution in [2.45, 2.75) is 45.4 Å². The highest BCUT2D eigenvalue weighted by atomic mass is 35.5. The first kappa shape index (κ1) is 22.5. The number of amides is 1. The molecule has 4 rings (SSSR count). The van der Waals surface area contributed by atoms with Gasteiger partial charge in [-0.05, 0) is 73.1 Å². The average Bonchev–Trinajstić information content (AvgIpc) is 2.81. The molecule has 3 nitrogen and oxygen atoms in total. The van der Waals surface area contributed by atoms with Gasteiger partial charge in [-0.1, -0.05) is 61.0 Å². The molecule has 4 heteroatoms. The molecule has 0 aliphatic carbocycles. The van der Waals surface area contributed by atoms with Crippen LogP contribution in [0.3, 0.4) is 0 Å². The van der Waals surface area contributed by atoms with Crippen LogP contribution in [0.2, 0.25) is 5.02 Å². The largest absolute Gasteiger partial charge is 0.342 e. The van der Waals surface area contributed by atoms with E-state index in [1.165, 1.54) is 16.7 Å². The monoisotopic (exact) mass is 446 g/mol. The maximum absolute atomic E-state index is 13.0. The zero-order chi connectivity index (χ0) is 22.5. The Morgan fingerprint density at radius 2 is 1.84 bits per heavy atom. The number of pyridine rings is 1. The fourth-order valence-electron chi connectivity index (χ4n) is 4.62. The van der Waals surface area contributed by atoms with E-state index in [4.69, 9.17) is 16.6 Å². The molecule has 1 aromatic heterocycles. The van der Waals surface area contributed by atoms with Gasteiger partial charge >= 0.3 is 0 Å². The van der Waals surface area contributed by atoms with Crippen molar-refractivity contribution < 1.29 is 4.79 Å². The Balaban J connectivity index is 1.30. The van der Waals surface area contributed by atoms with Gasteiger partial charge in [-0.3, -0.25) is 9.78 Å². The van der Waals surface area contributed by atoms with Crippen molar-refractivity contribution in [3.8, 4) is 0 Å². The summed E-state index contributed by atoms with van der Waals surface area (Å²) in [4.78, 5) is 19.8. The lowest BCUT2D eigenvalue weighted by molar-refractivity contribution is -0.136. The van der Waals surface area contributed by atoms with Gasteiger partial charge in [0.2, 0.25) is 5.91 Å². The minimum Gasteiger partial charge on any atom is -0.342 e. The second kappa shape index (κ2) is 10.3. The number of hydrogen-bond donors (Lipinski definition) is 0. The van der Waals surface area contributed by atoms with Crippen molar-refractivity contribution in [1.29, 1.82) is 0 Å². The molecule has 3 aromatic rings. The summed E-state index contributed by atoms with van der Waals surface area (Å²) in [5.74, 6) is 0.628. The molecule has 32 heavy (non-hydrogen) atoms. The Morgan fingerprint density at radius 3 is 2.53 bits per heavy atom. The fourth-order valence-corrected chi connectivity index (χ4v) is 4.84. The summed E-state index contributed by atoms with van der Waals surface area (Å²) >= 11 is 6.09. The van der Waals surface area contributed by atoms with Gasteiger partial charge in [0.25, 0.3) is 0 Å². The van der Waals surface area contributed by atoms with Crippen LogP contribution in [0, 0.1) is 12.8 Å². The highest BCUT2D eigenvalue weighted by Crippen LogP contribution is 2.28. The SMILES string of the molecule is Cc1ccccc1Cc1ccc(C2CCN(C(=O)[C@H](C)Cc3cccc(Cl)c3)CC2)nc1. The molecule has 0 spiro atoms. The number of aromatic nitrogens is 1. The van der Waals surface area contributed by atoms with Crippen LogP contribution in [-0.4, -0.2) is 28.9 Å².